The summed E-state index contributed by atoms with van der Waals surface area (Å²) in [5.74, 6) is -6.98. The Balaban J connectivity index is 1.30. The number of rotatable bonds is 6. The SMILES string of the molecule is C=Cc1ccc(N2C(=O)C3CC=C4C(CC5C(=O)N(Nc6ncc(C(F)(F)F)cc6Cl)C(=O)C5(c5ccc(Cl)cc5)C4c4ccc(O)c(C)c4)C3C2=O)cc1. The Morgan fingerprint density at radius 1 is 0.945 bits per heavy atom. The second-order valence-electron chi connectivity index (χ2n) is 14.3. The van der Waals surface area contributed by atoms with Gasteiger partial charge in [0.05, 0.1) is 39.4 Å². The van der Waals surface area contributed by atoms with Gasteiger partial charge in [0.25, 0.3) is 11.8 Å². The third-order valence-electron chi connectivity index (χ3n) is 11.5. The van der Waals surface area contributed by atoms with Gasteiger partial charge in [0.1, 0.15) is 5.75 Å². The number of phenolic OH excluding ortho intramolecular Hbond substituents is 1. The first kappa shape index (κ1) is 36.5. The summed E-state index contributed by atoms with van der Waals surface area (Å²) in [6.07, 6.45) is -0.503. The molecule has 8 rings (SSSR count). The zero-order chi connectivity index (χ0) is 39.1. The van der Waals surface area contributed by atoms with E-state index < -0.39 is 69.5 Å². The largest absolute Gasteiger partial charge is 0.508 e. The van der Waals surface area contributed by atoms with Crippen LogP contribution in [-0.2, 0) is 30.8 Å². The number of aryl methyl sites for hydroxylation is 1. The van der Waals surface area contributed by atoms with E-state index in [9.17, 15) is 32.7 Å². The van der Waals surface area contributed by atoms with Gasteiger partial charge < -0.3 is 5.11 Å². The highest BCUT2D eigenvalue weighted by Crippen LogP contribution is 2.64. The summed E-state index contributed by atoms with van der Waals surface area (Å²) in [4.78, 5) is 63.7. The molecule has 14 heteroatoms. The molecule has 4 amide bonds. The molecule has 6 unspecified atom stereocenters. The molecular formula is C41H31Cl2F3N4O5. The Morgan fingerprint density at radius 3 is 2.29 bits per heavy atom. The number of carbonyl (C=O) groups is 4. The van der Waals surface area contributed by atoms with Crippen molar-refractivity contribution in [1.29, 1.82) is 0 Å². The van der Waals surface area contributed by atoms with Gasteiger partial charge in [0.15, 0.2) is 5.82 Å². The number of aromatic nitrogens is 1. The van der Waals surface area contributed by atoms with Crippen molar-refractivity contribution in [3.8, 4) is 5.75 Å². The molecule has 4 aromatic rings. The molecule has 0 bridgehead atoms. The molecule has 9 nitrogen and oxygen atoms in total. The van der Waals surface area contributed by atoms with Gasteiger partial charge in [-0.05, 0) is 84.3 Å². The Morgan fingerprint density at radius 2 is 1.65 bits per heavy atom. The molecule has 1 aromatic heterocycles. The van der Waals surface area contributed by atoms with Crippen molar-refractivity contribution in [3.05, 3.63) is 135 Å². The molecule has 2 saturated heterocycles. The molecule has 0 spiro atoms. The minimum absolute atomic E-state index is 0.000658. The minimum Gasteiger partial charge on any atom is -0.508 e. The molecular weight excluding hydrogens is 756 g/mol. The van der Waals surface area contributed by atoms with E-state index in [2.05, 4.69) is 17.0 Å². The number of anilines is 2. The summed E-state index contributed by atoms with van der Waals surface area (Å²) < 4.78 is 40.4. The fourth-order valence-electron chi connectivity index (χ4n) is 9.03. The number of pyridine rings is 1. The second kappa shape index (κ2) is 13.1. The van der Waals surface area contributed by atoms with Crippen LogP contribution in [0.15, 0.2) is 97.2 Å². The van der Waals surface area contributed by atoms with Crippen LogP contribution in [0.25, 0.3) is 6.08 Å². The van der Waals surface area contributed by atoms with E-state index in [4.69, 9.17) is 23.2 Å². The number of nitrogens with zero attached hydrogens (tertiary/aromatic N) is 3. The average Bonchev–Trinajstić information content (AvgIpc) is 3.54. The van der Waals surface area contributed by atoms with Crippen molar-refractivity contribution in [1.82, 2.24) is 9.99 Å². The molecule has 2 N–H and O–H groups in total. The number of hydrogen-bond acceptors (Lipinski definition) is 7. The lowest BCUT2D eigenvalue weighted by Gasteiger charge is -2.50. The van der Waals surface area contributed by atoms with Crippen LogP contribution in [0.4, 0.5) is 24.7 Å². The molecule has 0 radical (unpaired) electrons. The van der Waals surface area contributed by atoms with Crippen LogP contribution in [0.1, 0.15) is 46.6 Å². The number of imide groups is 2. The Bertz CT molecular complexity index is 2350. The lowest BCUT2D eigenvalue weighted by Crippen LogP contribution is -2.53. The number of alkyl halides is 3. The van der Waals surface area contributed by atoms with Crippen LogP contribution in [-0.4, -0.2) is 38.7 Å². The van der Waals surface area contributed by atoms with Crippen LogP contribution >= 0.6 is 23.2 Å². The molecule has 2 aliphatic heterocycles. The molecule has 3 aromatic carbocycles. The summed E-state index contributed by atoms with van der Waals surface area (Å²) in [6.45, 7) is 5.46. The van der Waals surface area contributed by atoms with Crippen molar-refractivity contribution >= 4 is 64.4 Å². The zero-order valence-corrected chi connectivity index (χ0v) is 30.5. The number of fused-ring (bicyclic) bond motifs is 4. The highest BCUT2D eigenvalue weighted by Gasteiger charge is 2.70. The predicted octanol–water partition coefficient (Wildman–Crippen LogP) is 8.25. The van der Waals surface area contributed by atoms with E-state index in [0.717, 1.165) is 10.6 Å². The van der Waals surface area contributed by atoms with E-state index in [-0.39, 0.29) is 30.3 Å². The number of halogens is 5. The fraction of sp³-hybridized carbons (Fsp3) is 0.244. The number of phenols is 1. The van der Waals surface area contributed by atoms with Crippen LogP contribution < -0.4 is 10.3 Å². The maximum absolute atomic E-state index is 15.3. The molecule has 3 fully saturated rings. The smallest absolute Gasteiger partial charge is 0.417 e. The van der Waals surface area contributed by atoms with Gasteiger partial charge in [0.2, 0.25) is 11.8 Å². The zero-order valence-electron chi connectivity index (χ0n) is 29.0. The number of hydrogen-bond donors (Lipinski definition) is 2. The van der Waals surface area contributed by atoms with Gasteiger partial charge in [-0.15, -0.1) is 0 Å². The first-order chi connectivity index (χ1) is 26.2. The monoisotopic (exact) mass is 786 g/mol. The van der Waals surface area contributed by atoms with Crippen LogP contribution in [0, 0.1) is 30.6 Å². The Labute approximate surface area is 323 Å². The van der Waals surface area contributed by atoms with Gasteiger partial charge in [-0.1, -0.05) is 83.9 Å². The van der Waals surface area contributed by atoms with E-state index in [1.54, 1.807) is 73.7 Å². The maximum Gasteiger partial charge on any atom is 0.417 e. The van der Waals surface area contributed by atoms with Gasteiger partial charge in [0, 0.05) is 17.1 Å². The number of benzene rings is 3. The van der Waals surface area contributed by atoms with Gasteiger partial charge >= 0.3 is 6.18 Å². The standard InChI is InChI=1S/C41H31Cl2F3N4O5/c1-3-21-4-11-26(12-5-21)49-36(52)28-14-13-27-29(33(28)38(49)54)18-30-37(53)50(48-35-31(43)17-24(19-47-35)41(44,45)46)39(55)40(30,23-7-9-25(42)10-8-23)34(27)22-6-15-32(51)20(2)16-22/h3-13,15-17,19,28-30,33-34,51H,1,14,18H2,2H3,(H,47,48). The summed E-state index contributed by atoms with van der Waals surface area (Å²) >= 11 is 12.6. The first-order valence-corrected chi connectivity index (χ1v) is 18.2. The highest BCUT2D eigenvalue weighted by molar-refractivity contribution is 6.33. The number of amides is 4. The number of carbonyl (C=O) groups excluding carboxylic acids is 4. The van der Waals surface area contributed by atoms with Crippen molar-refractivity contribution in [2.45, 2.75) is 37.3 Å². The summed E-state index contributed by atoms with van der Waals surface area (Å²) in [5, 5.41) is 11.2. The minimum atomic E-state index is -4.75. The number of allylic oxidation sites excluding steroid dienone is 2. The van der Waals surface area contributed by atoms with Crippen molar-refractivity contribution in [3.63, 3.8) is 0 Å². The molecule has 280 valence electrons. The van der Waals surface area contributed by atoms with Crippen molar-refractivity contribution in [2.24, 2.45) is 23.7 Å². The van der Waals surface area contributed by atoms with Crippen LogP contribution in [0.3, 0.4) is 0 Å². The highest BCUT2D eigenvalue weighted by atomic mass is 35.5. The first-order valence-electron chi connectivity index (χ1n) is 17.4. The molecule has 2 aliphatic carbocycles. The second-order valence-corrected chi connectivity index (χ2v) is 15.1. The maximum atomic E-state index is 15.3. The number of nitrogens with one attached hydrogen (secondary N) is 1. The third kappa shape index (κ3) is 5.56. The quantitative estimate of drug-likeness (QED) is 0.149. The predicted molar refractivity (Wildman–Crippen MR) is 199 cm³/mol. The summed E-state index contributed by atoms with van der Waals surface area (Å²) in [6, 6.07) is 18.9. The molecule has 6 atom stereocenters. The molecule has 55 heavy (non-hydrogen) atoms. The molecule has 1 saturated carbocycles. The van der Waals surface area contributed by atoms with Crippen molar-refractivity contribution in [2.75, 3.05) is 10.3 Å². The van der Waals surface area contributed by atoms with Crippen molar-refractivity contribution < 1.29 is 37.5 Å². The Kier molecular flexibility index (Phi) is 8.69. The average molecular weight is 788 g/mol. The molecule has 4 aliphatic rings. The van der Waals surface area contributed by atoms with E-state index in [1.165, 1.54) is 11.0 Å². The lowest BCUT2D eigenvalue weighted by atomic mass is 9.49. The van der Waals surface area contributed by atoms with E-state index >= 15 is 4.79 Å². The fourth-order valence-corrected chi connectivity index (χ4v) is 9.36. The topological polar surface area (TPSA) is 120 Å². The summed E-state index contributed by atoms with van der Waals surface area (Å²) in [5.41, 5.74) is 3.16. The summed E-state index contributed by atoms with van der Waals surface area (Å²) in [7, 11) is 0. The van der Waals surface area contributed by atoms with Gasteiger partial charge in [-0.2, -0.15) is 18.2 Å². The lowest BCUT2D eigenvalue weighted by molar-refractivity contribution is -0.139. The van der Waals surface area contributed by atoms with E-state index in [1.807, 2.05) is 6.08 Å². The van der Waals surface area contributed by atoms with Crippen LogP contribution in [0.2, 0.25) is 10.0 Å². The third-order valence-corrected chi connectivity index (χ3v) is 12.0. The van der Waals surface area contributed by atoms with Crippen LogP contribution in [0.5, 0.6) is 5.75 Å². The normalized spacial score (nSPS) is 26.1. The molecule has 3 heterocycles. The number of aromatic hydroxyl groups is 1. The van der Waals surface area contributed by atoms with E-state index in [0.29, 0.717) is 45.2 Å². The van der Waals surface area contributed by atoms with Gasteiger partial charge in [-0.25, -0.2) is 4.98 Å². The Hall–Kier alpha value is -5.46. The van der Waals surface area contributed by atoms with Gasteiger partial charge in [-0.3, -0.25) is 29.5 Å². The number of hydrazine groups is 1.